The fraction of sp³-hybridized carbons (Fsp3) is 0.955. The van der Waals surface area contributed by atoms with Crippen molar-refractivity contribution in [2.24, 2.45) is 0 Å². The van der Waals surface area contributed by atoms with Crippen LogP contribution in [0.3, 0.4) is 0 Å². The number of methoxy groups -OCH3 is 2. The zero-order chi connectivity index (χ0) is 19.5. The number of unbranched alkanes of at least 4 members (excludes halogenated alkanes) is 12. The van der Waals surface area contributed by atoms with Crippen LogP contribution >= 0.6 is 0 Å². The molecule has 1 amide bonds. The van der Waals surface area contributed by atoms with E-state index in [0.717, 1.165) is 12.8 Å². The molecule has 0 aliphatic heterocycles. The van der Waals surface area contributed by atoms with E-state index >= 15 is 0 Å². The van der Waals surface area contributed by atoms with Crippen molar-refractivity contribution >= 4 is 5.91 Å². The fourth-order valence-corrected chi connectivity index (χ4v) is 3.53. The molecule has 2 atom stereocenters. The lowest BCUT2D eigenvalue weighted by Gasteiger charge is -2.26. The zero-order valence-corrected chi connectivity index (χ0v) is 18.0. The highest BCUT2D eigenvalue weighted by molar-refractivity contribution is 5.73. The van der Waals surface area contributed by atoms with E-state index in [2.05, 4.69) is 12.2 Å². The lowest BCUT2D eigenvalue weighted by atomic mass is 10.0. The van der Waals surface area contributed by atoms with E-state index in [-0.39, 0.29) is 18.1 Å². The summed E-state index contributed by atoms with van der Waals surface area (Å²) < 4.78 is 10.8. The molecule has 0 aliphatic rings. The molecule has 0 aromatic rings. The minimum atomic E-state index is -0.0557. The van der Waals surface area contributed by atoms with Crippen LogP contribution in [0.1, 0.15) is 104 Å². The van der Waals surface area contributed by atoms with Crippen molar-refractivity contribution < 1.29 is 14.3 Å². The molecule has 0 saturated carbocycles. The van der Waals surface area contributed by atoms with Gasteiger partial charge in [0, 0.05) is 21.1 Å². The molecule has 1 N–H and O–H groups in total. The van der Waals surface area contributed by atoms with Crippen LogP contribution in [-0.4, -0.2) is 38.9 Å². The third-order valence-corrected chi connectivity index (χ3v) is 5.08. The first-order valence-corrected chi connectivity index (χ1v) is 10.9. The average molecular weight is 372 g/mol. The molecular weight excluding hydrogens is 326 g/mol. The standard InChI is InChI=1S/C22H45NO3/c1-5-6-7-8-9-10-11-12-13-14-15-16-17-18-22(26-4)21(19-25-3)23-20(2)24/h21-22H,5-19H2,1-4H3,(H,23,24)/t21-,22+/m0/s1. The Bertz CT molecular complexity index is 310. The third-order valence-electron chi connectivity index (χ3n) is 5.08. The molecule has 0 aliphatic carbocycles. The Kier molecular flexibility index (Phi) is 18.7. The second-order valence-electron chi connectivity index (χ2n) is 7.57. The van der Waals surface area contributed by atoms with E-state index in [1.807, 2.05) is 0 Å². The van der Waals surface area contributed by atoms with Gasteiger partial charge >= 0.3 is 0 Å². The van der Waals surface area contributed by atoms with E-state index < -0.39 is 0 Å². The van der Waals surface area contributed by atoms with Crippen LogP contribution in [0.5, 0.6) is 0 Å². The summed E-state index contributed by atoms with van der Waals surface area (Å²) in [6, 6.07) is -0.0557. The van der Waals surface area contributed by atoms with Crippen molar-refractivity contribution in [2.75, 3.05) is 20.8 Å². The largest absolute Gasteiger partial charge is 0.382 e. The van der Waals surface area contributed by atoms with Crippen LogP contribution in [0.25, 0.3) is 0 Å². The molecule has 0 fully saturated rings. The second-order valence-corrected chi connectivity index (χ2v) is 7.57. The summed E-state index contributed by atoms with van der Waals surface area (Å²) in [5.74, 6) is -0.0283. The Morgan fingerprint density at radius 2 is 1.27 bits per heavy atom. The third kappa shape index (κ3) is 15.6. The highest BCUT2D eigenvalue weighted by atomic mass is 16.5. The first-order valence-electron chi connectivity index (χ1n) is 10.9. The maximum absolute atomic E-state index is 11.3. The summed E-state index contributed by atoms with van der Waals surface area (Å²) in [4.78, 5) is 11.3. The van der Waals surface area contributed by atoms with Gasteiger partial charge < -0.3 is 14.8 Å². The van der Waals surface area contributed by atoms with Crippen molar-refractivity contribution in [1.29, 1.82) is 0 Å². The fourth-order valence-electron chi connectivity index (χ4n) is 3.53. The number of hydrogen-bond acceptors (Lipinski definition) is 3. The molecule has 156 valence electrons. The first kappa shape index (κ1) is 25.4. The lowest BCUT2D eigenvalue weighted by molar-refractivity contribution is -0.121. The van der Waals surface area contributed by atoms with Gasteiger partial charge in [-0.1, -0.05) is 90.4 Å². The molecule has 0 heterocycles. The van der Waals surface area contributed by atoms with Gasteiger partial charge in [0.1, 0.15) is 0 Å². The highest BCUT2D eigenvalue weighted by Gasteiger charge is 2.21. The molecule has 4 heteroatoms. The Morgan fingerprint density at radius 3 is 1.65 bits per heavy atom. The van der Waals surface area contributed by atoms with Crippen molar-refractivity contribution in [2.45, 2.75) is 116 Å². The van der Waals surface area contributed by atoms with Crippen molar-refractivity contribution in [3.05, 3.63) is 0 Å². The first-order chi connectivity index (χ1) is 12.7. The molecule has 0 unspecified atom stereocenters. The van der Waals surface area contributed by atoms with Crippen LogP contribution < -0.4 is 5.32 Å². The highest BCUT2D eigenvalue weighted by Crippen LogP contribution is 2.15. The maximum Gasteiger partial charge on any atom is 0.217 e. The molecule has 0 saturated heterocycles. The Balaban J connectivity index is 3.57. The topological polar surface area (TPSA) is 47.6 Å². The van der Waals surface area contributed by atoms with E-state index in [1.165, 1.54) is 77.0 Å². The zero-order valence-electron chi connectivity index (χ0n) is 18.0. The van der Waals surface area contributed by atoms with Gasteiger partial charge in [0.15, 0.2) is 0 Å². The van der Waals surface area contributed by atoms with Crippen LogP contribution in [0.4, 0.5) is 0 Å². The van der Waals surface area contributed by atoms with Crippen LogP contribution in [0, 0.1) is 0 Å². The minimum Gasteiger partial charge on any atom is -0.382 e. The molecule has 0 bridgehead atoms. The smallest absolute Gasteiger partial charge is 0.217 e. The second kappa shape index (κ2) is 19.2. The Hall–Kier alpha value is -0.610. The van der Waals surface area contributed by atoms with Crippen molar-refractivity contribution in [3.63, 3.8) is 0 Å². The summed E-state index contributed by atoms with van der Waals surface area (Å²) in [5.41, 5.74) is 0. The Morgan fingerprint density at radius 1 is 0.808 bits per heavy atom. The molecule has 0 radical (unpaired) electrons. The molecule has 0 rings (SSSR count). The minimum absolute atomic E-state index is 0.0283. The molecule has 0 aromatic heterocycles. The molecule has 0 aromatic carbocycles. The maximum atomic E-state index is 11.3. The van der Waals surface area contributed by atoms with Gasteiger partial charge in [-0.05, 0) is 6.42 Å². The van der Waals surface area contributed by atoms with E-state index in [0.29, 0.717) is 6.61 Å². The number of carbonyl (C=O) groups excluding carboxylic acids is 1. The van der Waals surface area contributed by atoms with Crippen LogP contribution in [0.2, 0.25) is 0 Å². The Labute approximate surface area is 162 Å². The van der Waals surface area contributed by atoms with Crippen molar-refractivity contribution in [3.8, 4) is 0 Å². The predicted octanol–water partition coefficient (Wildman–Crippen LogP) is 5.63. The summed E-state index contributed by atoms with van der Waals surface area (Å²) in [7, 11) is 3.38. The van der Waals surface area contributed by atoms with Gasteiger partial charge in [-0.3, -0.25) is 4.79 Å². The molecule has 4 nitrogen and oxygen atoms in total. The monoisotopic (exact) mass is 371 g/mol. The molecule has 26 heavy (non-hydrogen) atoms. The van der Waals surface area contributed by atoms with Gasteiger partial charge in [0.2, 0.25) is 5.91 Å². The van der Waals surface area contributed by atoms with E-state index in [1.54, 1.807) is 21.1 Å². The number of nitrogens with one attached hydrogen (secondary N) is 1. The van der Waals surface area contributed by atoms with Gasteiger partial charge in [0.25, 0.3) is 0 Å². The average Bonchev–Trinajstić information content (AvgIpc) is 2.61. The summed E-state index contributed by atoms with van der Waals surface area (Å²) in [6.45, 7) is 4.31. The molecular formula is C22H45NO3. The van der Waals surface area contributed by atoms with Gasteiger partial charge in [-0.15, -0.1) is 0 Å². The summed E-state index contributed by atoms with van der Waals surface area (Å²) in [5, 5.41) is 2.94. The van der Waals surface area contributed by atoms with Gasteiger partial charge in [-0.2, -0.15) is 0 Å². The molecule has 0 spiro atoms. The van der Waals surface area contributed by atoms with Crippen LogP contribution in [0.15, 0.2) is 0 Å². The lowest BCUT2D eigenvalue weighted by Crippen LogP contribution is -2.46. The van der Waals surface area contributed by atoms with Gasteiger partial charge in [-0.25, -0.2) is 0 Å². The number of hydrogen-bond donors (Lipinski definition) is 1. The normalized spacial score (nSPS) is 13.5. The summed E-state index contributed by atoms with van der Waals surface area (Å²) in [6.07, 6.45) is 18.7. The van der Waals surface area contributed by atoms with E-state index in [4.69, 9.17) is 9.47 Å². The van der Waals surface area contributed by atoms with E-state index in [9.17, 15) is 4.79 Å². The van der Waals surface area contributed by atoms with Crippen LogP contribution in [-0.2, 0) is 14.3 Å². The number of carbonyl (C=O) groups is 1. The number of rotatable bonds is 19. The summed E-state index contributed by atoms with van der Waals surface area (Å²) >= 11 is 0. The SMILES string of the molecule is CCCCCCCCCCCCCCC[C@@H](OC)[C@H](COC)NC(C)=O. The van der Waals surface area contributed by atoms with Gasteiger partial charge in [0.05, 0.1) is 18.8 Å². The quantitative estimate of drug-likeness (QED) is 0.299. The predicted molar refractivity (Wildman–Crippen MR) is 111 cm³/mol. The number of amides is 1. The number of ether oxygens (including phenoxy) is 2. The van der Waals surface area contributed by atoms with Crippen molar-refractivity contribution in [1.82, 2.24) is 5.32 Å².